The van der Waals surface area contributed by atoms with E-state index in [4.69, 9.17) is 0 Å². The molecule has 14 heavy (non-hydrogen) atoms. The standard InChI is InChI=1S/C13H27N/c1-4-12-7-5-6-8-13(12)9-11(2)10-14-3/h11-14H,4-10H2,1-3H3. The van der Waals surface area contributed by atoms with Crippen molar-refractivity contribution in [1.29, 1.82) is 0 Å². The van der Waals surface area contributed by atoms with Crippen LogP contribution < -0.4 is 5.32 Å². The summed E-state index contributed by atoms with van der Waals surface area (Å²) in [5.74, 6) is 2.91. The number of hydrogen-bond donors (Lipinski definition) is 1. The molecule has 0 saturated heterocycles. The minimum absolute atomic E-state index is 0.858. The van der Waals surface area contributed by atoms with Gasteiger partial charge in [0.05, 0.1) is 0 Å². The van der Waals surface area contributed by atoms with Crippen LogP contribution in [0, 0.1) is 17.8 Å². The Morgan fingerprint density at radius 2 is 1.86 bits per heavy atom. The van der Waals surface area contributed by atoms with Gasteiger partial charge in [-0.2, -0.15) is 0 Å². The third kappa shape index (κ3) is 3.61. The molecule has 0 amide bonds. The van der Waals surface area contributed by atoms with E-state index in [9.17, 15) is 0 Å². The molecule has 1 rings (SSSR count). The van der Waals surface area contributed by atoms with Crippen LogP contribution in [0.2, 0.25) is 0 Å². The third-order valence-electron chi connectivity index (χ3n) is 3.85. The van der Waals surface area contributed by atoms with Gasteiger partial charge in [-0.3, -0.25) is 0 Å². The van der Waals surface area contributed by atoms with Crippen molar-refractivity contribution in [2.24, 2.45) is 17.8 Å². The molecule has 1 aliphatic carbocycles. The highest BCUT2D eigenvalue weighted by Gasteiger charge is 2.24. The Kier molecular flexibility index (Phi) is 5.54. The molecule has 1 N–H and O–H groups in total. The summed E-state index contributed by atoms with van der Waals surface area (Å²) in [5.41, 5.74) is 0. The quantitative estimate of drug-likeness (QED) is 0.712. The highest BCUT2D eigenvalue weighted by Crippen LogP contribution is 2.35. The van der Waals surface area contributed by atoms with Crippen molar-refractivity contribution in [3.63, 3.8) is 0 Å². The van der Waals surface area contributed by atoms with E-state index in [1.165, 1.54) is 45.1 Å². The molecule has 0 radical (unpaired) electrons. The van der Waals surface area contributed by atoms with Gasteiger partial charge in [0.1, 0.15) is 0 Å². The van der Waals surface area contributed by atoms with Gasteiger partial charge < -0.3 is 5.32 Å². The topological polar surface area (TPSA) is 12.0 Å². The van der Waals surface area contributed by atoms with Crippen LogP contribution in [0.5, 0.6) is 0 Å². The van der Waals surface area contributed by atoms with Crippen molar-refractivity contribution in [2.75, 3.05) is 13.6 Å². The summed E-state index contributed by atoms with van der Waals surface area (Å²) < 4.78 is 0. The first-order valence-electron chi connectivity index (χ1n) is 6.42. The van der Waals surface area contributed by atoms with Gasteiger partial charge in [-0.15, -0.1) is 0 Å². The van der Waals surface area contributed by atoms with Crippen LogP contribution in [-0.4, -0.2) is 13.6 Å². The van der Waals surface area contributed by atoms with E-state index in [0.29, 0.717) is 0 Å². The maximum absolute atomic E-state index is 3.29. The average molecular weight is 197 g/mol. The Labute approximate surface area is 89.7 Å². The molecular weight excluding hydrogens is 170 g/mol. The van der Waals surface area contributed by atoms with Gasteiger partial charge in [0.25, 0.3) is 0 Å². The van der Waals surface area contributed by atoms with Crippen LogP contribution in [0.25, 0.3) is 0 Å². The monoisotopic (exact) mass is 197 g/mol. The van der Waals surface area contributed by atoms with Crippen molar-refractivity contribution < 1.29 is 0 Å². The Balaban J connectivity index is 2.32. The summed E-state index contributed by atoms with van der Waals surface area (Å²) in [6.45, 7) is 5.94. The van der Waals surface area contributed by atoms with Crippen molar-refractivity contribution in [3.05, 3.63) is 0 Å². The second-order valence-corrected chi connectivity index (χ2v) is 5.11. The summed E-state index contributed by atoms with van der Waals surface area (Å²) in [6.07, 6.45) is 8.79. The van der Waals surface area contributed by atoms with Gasteiger partial charge in [-0.1, -0.05) is 46.0 Å². The highest BCUT2D eigenvalue weighted by atomic mass is 14.8. The molecule has 0 aliphatic heterocycles. The lowest BCUT2D eigenvalue weighted by molar-refractivity contribution is 0.194. The van der Waals surface area contributed by atoms with Crippen LogP contribution >= 0.6 is 0 Å². The van der Waals surface area contributed by atoms with Gasteiger partial charge in [-0.25, -0.2) is 0 Å². The first-order chi connectivity index (χ1) is 6.77. The number of nitrogens with one attached hydrogen (secondary N) is 1. The van der Waals surface area contributed by atoms with Crippen LogP contribution in [0.15, 0.2) is 0 Å². The fraction of sp³-hybridized carbons (Fsp3) is 1.00. The van der Waals surface area contributed by atoms with Crippen LogP contribution in [0.4, 0.5) is 0 Å². The molecule has 1 aliphatic rings. The molecule has 1 fully saturated rings. The molecule has 0 aromatic rings. The first kappa shape index (κ1) is 12.0. The summed E-state index contributed by atoms with van der Waals surface area (Å²) in [4.78, 5) is 0. The molecule has 1 heteroatoms. The Bertz CT molecular complexity index is 144. The minimum atomic E-state index is 0.858. The molecule has 3 atom stereocenters. The lowest BCUT2D eigenvalue weighted by Crippen LogP contribution is -2.25. The summed E-state index contributed by atoms with van der Waals surface area (Å²) in [7, 11) is 2.06. The van der Waals surface area contributed by atoms with E-state index in [0.717, 1.165) is 17.8 Å². The van der Waals surface area contributed by atoms with Crippen molar-refractivity contribution >= 4 is 0 Å². The summed E-state index contributed by atoms with van der Waals surface area (Å²) in [6, 6.07) is 0. The van der Waals surface area contributed by atoms with E-state index in [-0.39, 0.29) is 0 Å². The predicted molar refractivity (Wildman–Crippen MR) is 63.4 cm³/mol. The van der Waals surface area contributed by atoms with Gasteiger partial charge in [0.15, 0.2) is 0 Å². The lowest BCUT2D eigenvalue weighted by atomic mass is 9.74. The average Bonchev–Trinajstić information content (AvgIpc) is 2.19. The zero-order chi connectivity index (χ0) is 10.4. The molecule has 0 aromatic carbocycles. The van der Waals surface area contributed by atoms with Crippen LogP contribution in [0.1, 0.15) is 52.4 Å². The van der Waals surface area contributed by atoms with Crippen LogP contribution in [-0.2, 0) is 0 Å². The molecule has 0 heterocycles. The molecule has 0 spiro atoms. The minimum Gasteiger partial charge on any atom is -0.319 e. The molecule has 3 unspecified atom stereocenters. The van der Waals surface area contributed by atoms with Gasteiger partial charge in [0.2, 0.25) is 0 Å². The number of hydrogen-bond acceptors (Lipinski definition) is 1. The molecule has 1 nitrogen and oxygen atoms in total. The molecular formula is C13H27N. The smallest absolute Gasteiger partial charge is 0.00261 e. The van der Waals surface area contributed by atoms with Crippen LogP contribution in [0.3, 0.4) is 0 Å². The zero-order valence-electron chi connectivity index (χ0n) is 10.2. The molecule has 84 valence electrons. The fourth-order valence-corrected chi connectivity index (χ4v) is 3.08. The van der Waals surface area contributed by atoms with Crippen molar-refractivity contribution in [1.82, 2.24) is 5.32 Å². The Morgan fingerprint density at radius 1 is 1.21 bits per heavy atom. The van der Waals surface area contributed by atoms with Gasteiger partial charge in [-0.05, 0) is 37.8 Å². The second-order valence-electron chi connectivity index (χ2n) is 5.11. The normalized spacial score (nSPS) is 30.2. The zero-order valence-corrected chi connectivity index (χ0v) is 10.2. The Hall–Kier alpha value is -0.0400. The van der Waals surface area contributed by atoms with Crippen molar-refractivity contribution in [2.45, 2.75) is 52.4 Å². The van der Waals surface area contributed by atoms with E-state index >= 15 is 0 Å². The van der Waals surface area contributed by atoms with E-state index in [2.05, 4.69) is 26.2 Å². The lowest BCUT2D eigenvalue weighted by Gasteiger charge is -2.32. The van der Waals surface area contributed by atoms with E-state index in [1.54, 1.807) is 0 Å². The Morgan fingerprint density at radius 3 is 2.43 bits per heavy atom. The SMILES string of the molecule is CCC1CCCCC1CC(C)CNC. The molecule has 1 saturated carbocycles. The highest BCUT2D eigenvalue weighted by molar-refractivity contribution is 4.76. The molecule has 0 aromatic heterocycles. The fourth-order valence-electron chi connectivity index (χ4n) is 3.08. The summed E-state index contributed by atoms with van der Waals surface area (Å²) in [5, 5.41) is 3.29. The maximum atomic E-state index is 3.29. The largest absolute Gasteiger partial charge is 0.319 e. The maximum Gasteiger partial charge on any atom is -0.00261 e. The second kappa shape index (κ2) is 6.44. The van der Waals surface area contributed by atoms with Gasteiger partial charge >= 0.3 is 0 Å². The summed E-state index contributed by atoms with van der Waals surface area (Å²) >= 11 is 0. The molecule has 0 bridgehead atoms. The van der Waals surface area contributed by atoms with Gasteiger partial charge in [0, 0.05) is 0 Å². The van der Waals surface area contributed by atoms with E-state index < -0.39 is 0 Å². The van der Waals surface area contributed by atoms with E-state index in [1.807, 2.05) is 0 Å². The third-order valence-corrected chi connectivity index (χ3v) is 3.85. The number of rotatable bonds is 5. The van der Waals surface area contributed by atoms with Crippen molar-refractivity contribution in [3.8, 4) is 0 Å². The first-order valence-corrected chi connectivity index (χ1v) is 6.42. The predicted octanol–water partition coefficient (Wildman–Crippen LogP) is 3.45.